The first-order chi connectivity index (χ1) is 5.93. The van der Waals surface area contributed by atoms with Gasteiger partial charge in [-0.15, -0.1) is 0 Å². The fourth-order valence-corrected chi connectivity index (χ4v) is 1.22. The molecule has 0 bridgehead atoms. The summed E-state index contributed by atoms with van der Waals surface area (Å²) in [7, 11) is 0. The lowest BCUT2D eigenvalue weighted by atomic mass is 10.1. The molecular weight excluding hydrogens is 205 g/mol. The summed E-state index contributed by atoms with van der Waals surface area (Å²) in [5.74, 6) is 0. The Morgan fingerprint density at radius 1 is 1.54 bits per heavy atom. The van der Waals surface area contributed by atoms with Crippen LogP contribution in [-0.2, 0) is 0 Å². The number of nitrogens with two attached hydrogens (primary N) is 1. The van der Waals surface area contributed by atoms with Gasteiger partial charge in [0.2, 0.25) is 0 Å². The smallest absolute Gasteiger partial charge is 0.368 e. The van der Waals surface area contributed by atoms with E-state index in [9.17, 15) is 13.2 Å². The first-order valence-electron chi connectivity index (χ1n) is 3.56. The molecule has 0 aliphatic carbocycles. The van der Waals surface area contributed by atoms with Crippen molar-refractivity contribution < 1.29 is 13.2 Å². The largest absolute Gasteiger partial charge is 0.416 e. The average molecular weight is 213 g/mol. The van der Waals surface area contributed by atoms with Crippen LogP contribution in [0, 0.1) is 0 Å². The van der Waals surface area contributed by atoms with E-state index in [-0.39, 0.29) is 11.7 Å². The van der Waals surface area contributed by atoms with Gasteiger partial charge in [0.25, 0.3) is 0 Å². The van der Waals surface area contributed by atoms with Gasteiger partial charge in [-0.2, -0.15) is 13.2 Å². The second-order valence-electron chi connectivity index (χ2n) is 2.60. The van der Waals surface area contributed by atoms with Gasteiger partial charge in [0.15, 0.2) is 0 Å². The summed E-state index contributed by atoms with van der Waals surface area (Å²) in [6.45, 7) is 0.0731. The van der Waals surface area contributed by atoms with Crippen molar-refractivity contribution in [1.29, 1.82) is 0 Å². The molecule has 0 aromatic rings. The van der Waals surface area contributed by atoms with Crippen LogP contribution in [-0.4, -0.2) is 18.8 Å². The fourth-order valence-electron chi connectivity index (χ4n) is 0.965. The number of allylic oxidation sites excluding steroid dienone is 2. The molecule has 1 unspecified atom stereocenters. The lowest BCUT2D eigenvalue weighted by molar-refractivity contribution is -0.0888. The predicted octanol–water partition coefficient (Wildman–Crippen LogP) is 1.49. The van der Waals surface area contributed by atoms with Crippen molar-refractivity contribution in [2.75, 3.05) is 6.54 Å². The van der Waals surface area contributed by atoms with Crippen molar-refractivity contribution in [2.45, 2.75) is 12.2 Å². The summed E-state index contributed by atoms with van der Waals surface area (Å²) < 4.78 is 36.6. The zero-order valence-electron chi connectivity index (χ0n) is 6.53. The van der Waals surface area contributed by atoms with Crippen molar-refractivity contribution in [2.24, 2.45) is 5.73 Å². The molecule has 0 radical (unpaired) electrons. The minimum absolute atomic E-state index is 0.0368. The Balaban J connectivity index is 2.89. The van der Waals surface area contributed by atoms with Gasteiger partial charge in [-0.25, -0.2) is 0 Å². The number of hydrogen-bond donors (Lipinski definition) is 2. The van der Waals surface area contributed by atoms with E-state index in [0.717, 1.165) is 12.2 Å². The summed E-state index contributed by atoms with van der Waals surface area (Å²) >= 11 is 5.44. The average Bonchev–Trinajstić information content (AvgIpc) is 2.01. The van der Waals surface area contributed by atoms with Crippen LogP contribution in [0.5, 0.6) is 0 Å². The lowest BCUT2D eigenvalue weighted by Gasteiger charge is -2.21. The molecule has 1 heterocycles. The molecule has 1 aliphatic rings. The highest BCUT2D eigenvalue weighted by Crippen LogP contribution is 2.29. The number of dihydropyridines is 1. The summed E-state index contributed by atoms with van der Waals surface area (Å²) in [4.78, 5) is 0. The Hall–Kier alpha value is -0.680. The molecule has 1 aliphatic heterocycles. The van der Waals surface area contributed by atoms with Crippen LogP contribution in [0.2, 0.25) is 0 Å². The van der Waals surface area contributed by atoms with Gasteiger partial charge in [-0.05, 0) is 12.2 Å². The van der Waals surface area contributed by atoms with Crippen molar-refractivity contribution in [3.8, 4) is 0 Å². The Bertz CT molecular complexity index is 257. The van der Waals surface area contributed by atoms with E-state index < -0.39 is 17.8 Å². The van der Waals surface area contributed by atoms with Gasteiger partial charge < -0.3 is 11.1 Å². The van der Waals surface area contributed by atoms with E-state index >= 15 is 0 Å². The molecule has 74 valence electrons. The quantitative estimate of drug-likeness (QED) is 0.647. The Labute approximate surface area is 78.2 Å². The topological polar surface area (TPSA) is 38.0 Å². The number of alkyl halides is 3. The highest BCUT2D eigenvalue weighted by Gasteiger charge is 2.34. The van der Waals surface area contributed by atoms with Gasteiger partial charge in [-0.3, -0.25) is 0 Å². The van der Waals surface area contributed by atoms with Gasteiger partial charge >= 0.3 is 6.18 Å². The maximum atomic E-state index is 12.2. The van der Waals surface area contributed by atoms with Crippen molar-refractivity contribution in [3.05, 3.63) is 22.9 Å². The number of nitrogens with one attached hydrogen (secondary N) is 1. The monoisotopic (exact) mass is 212 g/mol. The van der Waals surface area contributed by atoms with Crippen molar-refractivity contribution in [1.82, 2.24) is 5.32 Å². The van der Waals surface area contributed by atoms with Crippen molar-refractivity contribution in [3.63, 3.8) is 0 Å². The molecular formula is C7H8ClF3N2. The third-order valence-electron chi connectivity index (χ3n) is 1.57. The lowest BCUT2D eigenvalue weighted by Crippen LogP contribution is -2.36. The van der Waals surface area contributed by atoms with Crippen LogP contribution in [0.25, 0.3) is 0 Å². The molecule has 0 aromatic heterocycles. The molecule has 3 N–H and O–H groups in total. The summed E-state index contributed by atoms with van der Waals surface area (Å²) in [6, 6.07) is -0.547. The Kier molecular flexibility index (Phi) is 2.87. The molecule has 0 aromatic carbocycles. The third kappa shape index (κ3) is 2.63. The van der Waals surface area contributed by atoms with Crippen LogP contribution in [0.4, 0.5) is 13.2 Å². The molecule has 13 heavy (non-hydrogen) atoms. The standard InChI is InChI=1S/C7H8ClF3N2/c8-6-2-4(7(9,10)11)1-5(3-12)13-6/h1-2,5,13H,3,12H2. The van der Waals surface area contributed by atoms with Gasteiger partial charge in [-0.1, -0.05) is 11.6 Å². The number of rotatable bonds is 1. The van der Waals surface area contributed by atoms with E-state index in [1.54, 1.807) is 0 Å². The maximum Gasteiger partial charge on any atom is 0.416 e. The maximum absolute atomic E-state index is 12.2. The molecule has 0 spiro atoms. The molecule has 2 nitrogen and oxygen atoms in total. The van der Waals surface area contributed by atoms with E-state index in [4.69, 9.17) is 17.3 Å². The Morgan fingerprint density at radius 2 is 2.15 bits per heavy atom. The highest BCUT2D eigenvalue weighted by atomic mass is 35.5. The summed E-state index contributed by atoms with van der Waals surface area (Å²) in [5.41, 5.74) is 4.45. The van der Waals surface area contributed by atoms with Crippen LogP contribution in [0.15, 0.2) is 22.9 Å². The SMILES string of the molecule is NCC1C=C(C(F)(F)F)C=C(Cl)N1. The van der Waals surface area contributed by atoms with Gasteiger partial charge in [0.05, 0.1) is 11.6 Å². The minimum Gasteiger partial charge on any atom is -0.368 e. The predicted molar refractivity (Wildman–Crippen MR) is 44.1 cm³/mol. The molecule has 6 heteroatoms. The number of hydrogen-bond acceptors (Lipinski definition) is 2. The molecule has 0 saturated carbocycles. The second-order valence-corrected chi connectivity index (χ2v) is 3.01. The summed E-state index contributed by atoms with van der Waals surface area (Å²) in [6.07, 6.45) is -2.50. The van der Waals surface area contributed by atoms with Crippen LogP contribution >= 0.6 is 11.6 Å². The van der Waals surface area contributed by atoms with Crippen LogP contribution in [0.3, 0.4) is 0 Å². The molecule has 0 amide bonds. The van der Waals surface area contributed by atoms with Crippen molar-refractivity contribution >= 4 is 11.6 Å². The summed E-state index contributed by atoms with van der Waals surface area (Å²) in [5, 5.41) is 2.56. The van der Waals surface area contributed by atoms with Gasteiger partial charge in [0, 0.05) is 6.54 Å². The minimum atomic E-state index is -4.37. The first kappa shape index (κ1) is 10.4. The van der Waals surface area contributed by atoms with E-state index in [1.807, 2.05) is 0 Å². The molecule has 1 atom stereocenters. The van der Waals surface area contributed by atoms with E-state index in [1.165, 1.54) is 0 Å². The normalized spacial score (nSPS) is 23.3. The van der Waals surface area contributed by atoms with Crippen LogP contribution < -0.4 is 11.1 Å². The van der Waals surface area contributed by atoms with Crippen LogP contribution in [0.1, 0.15) is 0 Å². The van der Waals surface area contributed by atoms with E-state index in [0.29, 0.717) is 0 Å². The second kappa shape index (κ2) is 3.59. The number of halogens is 4. The molecule has 0 saturated heterocycles. The van der Waals surface area contributed by atoms with Gasteiger partial charge in [0.1, 0.15) is 5.16 Å². The Morgan fingerprint density at radius 3 is 2.62 bits per heavy atom. The molecule has 0 fully saturated rings. The van der Waals surface area contributed by atoms with E-state index in [2.05, 4.69) is 5.32 Å². The zero-order valence-corrected chi connectivity index (χ0v) is 7.28. The molecule has 1 rings (SSSR count). The first-order valence-corrected chi connectivity index (χ1v) is 3.94. The fraction of sp³-hybridized carbons (Fsp3) is 0.429. The zero-order chi connectivity index (χ0) is 10.1. The third-order valence-corrected chi connectivity index (χ3v) is 1.79. The highest BCUT2D eigenvalue weighted by molar-refractivity contribution is 6.29.